The van der Waals surface area contributed by atoms with E-state index in [0.717, 1.165) is 32.2 Å². The Hall–Kier alpha value is -2.19. The predicted octanol–water partition coefficient (Wildman–Crippen LogP) is 3.25. The lowest BCUT2D eigenvalue weighted by Gasteiger charge is -2.34. The summed E-state index contributed by atoms with van der Waals surface area (Å²) in [5.74, 6) is 0.717. The van der Waals surface area contributed by atoms with E-state index in [9.17, 15) is 9.59 Å². The zero-order valence-corrected chi connectivity index (χ0v) is 20.5. The first-order valence-corrected chi connectivity index (χ1v) is 11.6. The number of carbonyl (C=O) groups is 2. The minimum absolute atomic E-state index is 0.222. The number of guanidine groups is 1. The van der Waals surface area contributed by atoms with Gasteiger partial charge in [-0.05, 0) is 60.3 Å². The first-order valence-electron chi connectivity index (χ1n) is 11.6. The Balaban J connectivity index is 2.74. The molecule has 2 amide bonds. The summed E-state index contributed by atoms with van der Waals surface area (Å²) in [6.45, 7) is 16.4. The van der Waals surface area contributed by atoms with E-state index in [-0.39, 0.29) is 12.1 Å². The van der Waals surface area contributed by atoms with Crippen molar-refractivity contribution in [3.63, 3.8) is 0 Å². The Kier molecular flexibility index (Phi) is 10.9. The third-order valence-corrected chi connectivity index (χ3v) is 5.37. The van der Waals surface area contributed by atoms with Gasteiger partial charge in [-0.15, -0.1) is 0 Å². The van der Waals surface area contributed by atoms with Crippen molar-refractivity contribution < 1.29 is 19.1 Å². The number of alkyl carbamates (subject to hydrolysis) is 1. The molecule has 9 nitrogen and oxygen atoms in total. The van der Waals surface area contributed by atoms with Gasteiger partial charge in [0.05, 0.1) is 18.7 Å². The number of nitrogens with zero attached hydrogens (tertiary/aromatic N) is 2. The largest absolute Gasteiger partial charge is 0.450 e. The van der Waals surface area contributed by atoms with E-state index in [1.54, 1.807) is 4.90 Å². The normalized spacial score (nSPS) is 16.0. The Bertz CT molecular complexity index is 591. The topological polar surface area (TPSA) is 104 Å². The van der Waals surface area contributed by atoms with Crippen LogP contribution < -0.4 is 16.0 Å². The third-order valence-electron chi connectivity index (χ3n) is 5.37. The van der Waals surface area contributed by atoms with Gasteiger partial charge in [0.25, 0.3) is 0 Å². The Morgan fingerprint density at radius 3 is 2.16 bits per heavy atom. The Morgan fingerprint density at radius 2 is 1.68 bits per heavy atom. The quantitative estimate of drug-likeness (QED) is 0.395. The van der Waals surface area contributed by atoms with E-state index >= 15 is 0 Å². The molecule has 9 heteroatoms. The number of likely N-dealkylation sites (tertiary alicyclic amines) is 1. The van der Waals surface area contributed by atoms with Crippen molar-refractivity contribution in [1.29, 1.82) is 0 Å². The van der Waals surface area contributed by atoms with Gasteiger partial charge in [-0.3, -0.25) is 4.99 Å². The molecule has 0 saturated carbocycles. The van der Waals surface area contributed by atoms with E-state index < -0.39 is 17.2 Å². The zero-order chi connectivity index (χ0) is 23.5. The van der Waals surface area contributed by atoms with E-state index in [2.05, 4.69) is 16.0 Å². The lowest BCUT2D eigenvalue weighted by Crippen LogP contribution is -2.53. The summed E-state index contributed by atoms with van der Waals surface area (Å²) in [6.07, 6.45) is 2.46. The van der Waals surface area contributed by atoms with Gasteiger partial charge in [0.1, 0.15) is 5.60 Å². The van der Waals surface area contributed by atoms with Gasteiger partial charge in [0, 0.05) is 25.7 Å². The molecule has 0 aromatic rings. The summed E-state index contributed by atoms with van der Waals surface area (Å²) in [6, 6.07) is 0.222. The molecule has 1 heterocycles. The predicted molar refractivity (Wildman–Crippen MR) is 123 cm³/mol. The monoisotopic (exact) mass is 441 g/mol. The maximum absolute atomic E-state index is 12.4. The van der Waals surface area contributed by atoms with Crippen LogP contribution in [0.2, 0.25) is 0 Å². The fourth-order valence-electron chi connectivity index (χ4n) is 3.37. The maximum atomic E-state index is 12.4. The molecular weight excluding hydrogens is 398 g/mol. The van der Waals surface area contributed by atoms with Crippen LogP contribution in [-0.2, 0) is 9.47 Å². The molecule has 1 fully saturated rings. The highest BCUT2D eigenvalue weighted by atomic mass is 16.6. The second-order valence-electron chi connectivity index (χ2n) is 8.91. The molecule has 0 aromatic heterocycles. The minimum Gasteiger partial charge on any atom is -0.450 e. The van der Waals surface area contributed by atoms with Crippen LogP contribution in [0, 0.1) is 0 Å². The summed E-state index contributed by atoms with van der Waals surface area (Å²) >= 11 is 0. The lowest BCUT2D eigenvalue weighted by molar-refractivity contribution is 0.0451. The third kappa shape index (κ3) is 9.65. The molecule has 180 valence electrons. The van der Waals surface area contributed by atoms with Crippen molar-refractivity contribution in [2.24, 2.45) is 4.99 Å². The Morgan fingerprint density at radius 1 is 1.06 bits per heavy atom. The average molecular weight is 442 g/mol. The number of nitrogens with one attached hydrogen (secondary N) is 3. The van der Waals surface area contributed by atoms with Gasteiger partial charge < -0.3 is 30.3 Å². The molecule has 0 aliphatic carbocycles. The standard InChI is InChI=1S/C22H43N5O4/c1-8-22(9-2,26-19(28)31-21(5,6)7)16-24-18(23-10-3)25-17-12-14-27(15-13-17)20(29)30-11-4/h17H,8-16H2,1-7H3,(H,26,28)(H2,23,24,25). The number of ether oxygens (including phenoxy) is 2. The van der Waals surface area contributed by atoms with Crippen LogP contribution in [0.25, 0.3) is 0 Å². The molecule has 0 bridgehead atoms. The summed E-state index contributed by atoms with van der Waals surface area (Å²) in [5, 5.41) is 9.80. The number of carbonyl (C=O) groups excluding carboxylic acids is 2. The number of piperidine rings is 1. The minimum atomic E-state index is -0.546. The molecule has 1 aliphatic heterocycles. The van der Waals surface area contributed by atoms with Gasteiger partial charge in [0.2, 0.25) is 0 Å². The number of hydrogen-bond acceptors (Lipinski definition) is 5. The maximum Gasteiger partial charge on any atom is 0.409 e. The number of aliphatic imine (C=N–C) groups is 1. The average Bonchev–Trinajstić information content (AvgIpc) is 2.70. The van der Waals surface area contributed by atoms with Crippen LogP contribution in [-0.4, -0.2) is 73.0 Å². The smallest absolute Gasteiger partial charge is 0.409 e. The van der Waals surface area contributed by atoms with Crippen molar-refractivity contribution in [3.05, 3.63) is 0 Å². The zero-order valence-electron chi connectivity index (χ0n) is 20.5. The molecular formula is C22H43N5O4. The molecule has 1 saturated heterocycles. The molecule has 0 atom stereocenters. The van der Waals surface area contributed by atoms with Gasteiger partial charge in [-0.25, -0.2) is 9.59 Å². The van der Waals surface area contributed by atoms with Crippen LogP contribution in [0.15, 0.2) is 4.99 Å². The van der Waals surface area contributed by atoms with Crippen LogP contribution in [0.1, 0.15) is 74.1 Å². The molecule has 1 rings (SSSR count). The molecule has 31 heavy (non-hydrogen) atoms. The second-order valence-corrected chi connectivity index (χ2v) is 8.91. The van der Waals surface area contributed by atoms with Crippen molar-refractivity contribution >= 4 is 18.1 Å². The highest BCUT2D eigenvalue weighted by Gasteiger charge is 2.31. The van der Waals surface area contributed by atoms with Gasteiger partial charge in [0.15, 0.2) is 5.96 Å². The van der Waals surface area contributed by atoms with Gasteiger partial charge >= 0.3 is 12.2 Å². The lowest BCUT2D eigenvalue weighted by atomic mass is 9.93. The van der Waals surface area contributed by atoms with Gasteiger partial charge in [-0.1, -0.05) is 13.8 Å². The van der Waals surface area contributed by atoms with Gasteiger partial charge in [-0.2, -0.15) is 0 Å². The number of amides is 2. The summed E-state index contributed by atoms with van der Waals surface area (Å²) in [5.41, 5.74) is -1.02. The SMILES string of the molecule is CCNC(=NCC(CC)(CC)NC(=O)OC(C)(C)C)NC1CCN(C(=O)OCC)CC1. The van der Waals surface area contributed by atoms with Crippen LogP contribution in [0.3, 0.4) is 0 Å². The van der Waals surface area contributed by atoms with Crippen LogP contribution >= 0.6 is 0 Å². The van der Waals surface area contributed by atoms with Crippen molar-refractivity contribution in [2.45, 2.75) is 91.3 Å². The van der Waals surface area contributed by atoms with E-state index in [1.165, 1.54) is 0 Å². The molecule has 1 aliphatic rings. The number of rotatable bonds is 8. The fraction of sp³-hybridized carbons (Fsp3) is 0.864. The number of hydrogen-bond donors (Lipinski definition) is 3. The molecule has 0 aromatic carbocycles. The van der Waals surface area contributed by atoms with Crippen molar-refractivity contribution in [1.82, 2.24) is 20.9 Å². The summed E-state index contributed by atoms with van der Waals surface area (Å²) < 4.78 is 10.5. The Labute approximate surface area is 187 Å². The van der Waals surface area contributed by atoms with E-state index in [1.807, 2.05) is 48.5 Å². The highest BCUT2D eigenvalue weighted by Crippen LogP contribution is 2.18. The molecule has 0 unspecified atom stereocenters. The first kappa shape index (κ1) is 26.8. The van der Waals surface area contributed by atoms with E-state index in [0.29, 0.717) is 32.2 Å². The molecule has 3 N–H and O–H groups in total. The summed E-state index contributed by atoms with van der Waals surface area (Å²) in [4.78, 5) is 30.8. The second kappa shape index (κ2) is 12.6. The van der Waals surface area contributed by atoms with Crippen LogP contribution in [0.5, 0.6) is 0 Å². The fourth-order valence-corrected chi connectivity index (χ4v) is 3.37. The van der Waals surface area contributed by atoms with Crippen molar-refractivity contribution in [3.8, 4) is 0 Å². The van der Waals surface area contributed by atoms with Crippen LogP contribution in [0.4, 0.5) is 9.59 Å². The summed E-state index contributed by atoms with van der Waals surface area (Å²) in [7, 11) is 0. The highest BCUT2D eigenvalue weighted by molar-refractivity contribution is 5.80. The first-order chi connectivity index (χ1) is 14.6. The van der Waals surface area contributed by atoms with Crippen molar-refractivity contribution in [2.75, 3.05) is 32.8 Å². The molecule has 0 spiro atoms. The van der Waals surface area contributed by atoms with E-state index in [4.69, 9.17) is 14.5 Å². The molecule has 0 radical (unpaired) electrons.